The van der Waals surface area contributed by atoms with Crippen molar-refractivity contribution in [3.8, 4) is 11.5 Å². The van der Waals surface area contributed by atoms with Crippen molar-refractivity contribution < 1.29 is 19.3 Å². The monoisotopic (exact) mass is 346 g/mol. The molecular formula is C18H22N2O5. The molecule has 1 saturated heterocycles. The van der Waals surface area contributed by atoms with Crippen LogP contribution in [0.25, 0.3) is 10.9 Å². The van der Waals surface area contributed by atoms with E-state index in [2.05, 4.69) is 4.98 Å². The average molecular weight is 346 g/mol. The van der Waals surface area contributed by atoms with Crippen LogP contribution < -0.4 is 15.0 Å². The Hall–Kier alpha value is -2.09. The second kappa shape index (κ2) is 6.33. The number of ether oxygens (including phenoxy) is 3. The van der Waals surface area contributed by atoms with Gasteiger partial charge < -0.3 is 24.3 Å². The van der Waals surface area contributed by atoms with Crippen LogP contribution in [0.3, 0.4) is 0 Å². The third kappa shape index (κ3) is 3.22. The lowest BCUT2D eigenvalue weighted by Crippen LogP contribution is -2.29. The van der Waals surface area contributed by atoms with Crippen molar-refractivity contribution in [1.29, 1.82) is 0 Å². The Morgan fingerprint density at radius 1 is 1.28 bits per heavy atom. The van der Waals surface area contributed by atoms with Gasteiger partial charge in [-0.2, -0.15) is 0 Å². The Kier molecular flexibility index (Phi) is 4.15. The molecule has 0 amide bonds. The number of rotatable bonds is 4. The quantitative estimate of drug-likeness (QED) is 0.866. The maximum absolute atomic E-state index is 12.4. The van der Waals surface area contributed by atoms with E-state index >= 15 is 0 Å². The summed E-state index contributed by atoms with van der Waals surface area (Å²) >= 11 is 0. The summed E-state index contributed by atoms with van der Waals surface area (Å²) < 4.78 is 16.5. The molecule has 7 heteroatoms. The number of pyridine rings is 1. The van der Waals surface area contributed by atoms with Crippen LogP contribution in [0.4, 0.5) is 0 Å². The van der Waals surface area contributed by atoms with Crippen LogP contribution in [0, 0.1) is 0 Å². The van der Waals surface area contributed by atoms with Crippen molar-refractivity contribution in [2.24, 2.45) is 0 Å². The highest BCUT2D eigenvalue weighted by molar-refractivity contribution is 5.83. The molecule has 1 aromatic heterocycles. The number of nitrogens with zero attached hydrogens (tertiary/aromatic N) is 1. The van der Waals surface area contributed by atoms with Gasteiger partial charge in [0.25, 0.3) is 5.56 Å². The number of aromatic amines is 1. The standard InChI is InChI=1S/C18H22N2O5/c1-10(2)25-17-8-20(7-14(17)21)6-12-3-11-4-15-16(24-9-23-15)5-13(11)19-18(12)22/h3-5,10,14,17,21H,6-9H2,1-2H3,(H,19,22)/t14-,17-/m0/s1. The van der Waals surface area contributed by atoms with Gasteiger partial charge in [0, 0.05) is 36.7 Å². The molecule has 0 spiro atoms. The number of H-pyrrole nitrogens is 1. The van der Waals surface area contributed by atoms with Crippen LogP contribution in [0.1, 0.15) is 19.4 Å². The summed E-state index contributed by atoms with van der Waals surface area (Å²) in [7, 11) is 0. The molecular weight excluding hydrogens is 324 g/mol. The van der Waals surface area contributed by atoms with E-state index in [1.165, 1.54) is 0 Å². The van der Waals surface area contributed by atoms with Crippen LogP contribution in [0.5, 0.6) is 11.5 Å². The zero-order valence-electron chi connectivity index (χ0n) is 14.3. The number of benzene rings is 1. The summed E-state index contributed by atoms with van der Waals surface area (Å²) in [5, 5.41) is 11.0. The van der Waals surface area contributed by atoms with Crippen molar-refractivity contribution in [1.82, 2.24) is 9.88 Å². The van der Waals surface area contributed by atoms with E-state index in [9.17, 15) is 9.90 Å². The molecule has 0 radical (unpaired) electrons. The molecule has 2 aliphatic heterocycles. The highest BCUT2D eigenvalue weighted by Crippen LogP contribution is 2.35. The zero-order valence-corrected chi connectivity index (χ0v) is 14.3. The number of aliphatic hydroxyl groups excluding tert-OH is 1. The molecule has 1 aromatic carbocycles. The molecule has 3 heterocycles. The molecule has 2 atom stereocenters. The second-order valence-corrected chi connectivity index (χ2v) is 6.90. The third-order valence-corrected chi connectivity index (χ3v) is 4.57. The summed E-state index contributed by atoms with van der Waals surface area (Å²) in [4.78, 5) is 17.4. The van der Waals surface area contributed by atoms with E-state index in [0.717, 1.165) is 10.9 Å². The maximum Gasteiger partial charge on any atom is 0.252 e. The van der Waals surface area contributed by atoms with Gasteiger partial charge in [-0.3, -0.25) is 9.69 Å². The summed E-state index contributed by atoms with van der Waals surface area (Å²) in [6.45, 7) is 5.68. The molecule has 0 saturated carbocycles. The first kappa shape index (κ1) is 16.4. The number of aliphatic hydroxyl groups is 1. The number of nitrogens with one attached hydrogen (secondary N) is 1. The number of hydrogen-bond donors (Lipinski definition) is 2. The Morgan fingerprint density at radius 3 is 2.80 bits per heavy atom. The second-order valence-electron chi connectivity index (χ2n) is 6.90. The average Bonchev–Trinajstić information content (AvgIpc) is 3.12. The molecule has 2 N–H and O–H groups in total. The van der Waals surface area contributed by atoms with E-state index in [0.29, 0.717) is 36.7 Å². The van der Waals surface area contributed by atoms with Crippen LogP contribution in [-0.2, 0) is 11.3 Å². The molecule has 2 aromatic rings. The van der Waals surface area contributed by atoms with Crippen molar-refractivity contribution in [2.45, 2.75) is 38.7 Å². The Labute approximate surface area is 145 Å². The van der Waals surface area contributed by atoms with E-state index in [-0.39, 0.29) is 24.6 Å². The van der Waals surface area contributed by atoms with Crippen molar-refractivity contribution in [3.63, 3.8) is 0 Å². The lowest BCUT2D eigenvalue weighted by molar-refractivity contribution is -0.0396. The van der Waals surface area contributed by atoms with Gasteiger partial charge in [0.15, 0.2) is 11.5 Å². The number of aromatic nitrogens is 1. The van der Waals surface area contributed by atoms with Gasteiger partial charge in [0.2, 0.25) is 6.79 Å². The van der Waals surface area contributed by atoms with E-state index in [4.69, 9.17) is 14.2 Å². The molecule has 25 heavy (non-hydrogen) atoms. The fourth-order valence-corrected chi connectivity index (χ4v) is 3.44. The number of fused-ring (bicyclic) bond motifs is 2. The molecule has 7 nitrogen and oxygen atoms in total. The van der Waals surface area contributed by atoms with Crippen molar-refractivity contribution in [2.75, 3.05) is 19.9 Å². The Balaban J connectivity index is 1.56. The molecule has 134 valence electrons. The van der Waals surface area contributed by atoms with Crippen LogP contribution in [-0.4, -0.2) is 53.2 Å². The van der Waals surface area contributed by atoms with Gasteiger partial charge >= 0.3 is 0 Å². The largest absolute Gasteiger partial charge is 0.454 e. The van der Waals surface area contributed by atoms with E-state index in [1.54, 1.807) is 6.07 Å². The smallest absolute Gasteiger partial charge is 0.252 e. The zero-order chi connectivity index (χ0) is 17.6. The number of hydrogen-bond acceptors (Lipinski definition) is 6. The summed E-state index contributed by atoms with van der Waals surface area (Å²) in [5.74, 6) is 1.33. The molecule has 0 aliphatic carbocycles. The molecule has 2 aliphatic rings. The predicted octanol–water partition coefficient (Wildman–Crippen LogP) is 1.23. The number of likely N-dealkylation sites (tertiary alicyclic amines) is 1. The molecule has 0 bridgehead atoms. The highest BCUT2D eigenvalue weighted by Gasteiger charge is 2.33. The van der Waals surface area contributed by atoms with Gasteiger partial charge in [-0.15, -0.1) is 0 Å². The van der Waals surface area contributed by atoms with Crippen molar-refractivity contribution >= 4 is 10.9 Å². The number of β-amino-alcohol motifs (C(OH)–C–C–N with tert-alkyl or cyclic N) is 1. The maximum atomic E-state index is 12.4. The molecule has 4 rings (SSSR count). The van der Waals surface area contributed by atoms with Gasteiger partial charge in [0.05, 0.1) is 23.8 Å². The normalized spacial score (nSPS) is 23.0. The Morgan fingerprint density at radius 2 is 2.04 bits per heavy atom. The molecule has 0 unspecified atom stereocenters. The van der Waals surface area contributed by atoms with Gasteiger partial charge in [-0.1, -0.05) is 0 Å². The highest BCUT2D eigenvalue weighted by atomic mass is 16.7. The fourth-order valence-electron chi connectivity index (χ4n) is 3.44. The summed E-state index contributed by atoms with van der Waals surface area (Å²) in [6.07, 6.45) is -0.683. The van der Waals surface area contributed by atoms with Crippen molar-refractivity contribution in [3.05, 3.63) is 34.1 Å². The first-order valence-corrected chi connectivity index (χ1v) is 8.51. The van der Waals surface area contributed by atoms with Crippen LogP contribution in [0.2, 0.25) is 0 Å². The van der Waals surface area contributed by atoms with E-state index in [1.807, 2.05) is 30.9 Å². The minimum absolute atomic E-state index is 0.0629. The topological polar surface area (TPSA) is 84.0 Å². The van der Waals surface area contributed by atoms with Gasteiger partial charge in [-0.25, -0.2) is 0 Å². The fraction of sp³-hybridized carbons (Fsp3) is 0.500. The summed E-state index contributed by atoms with van der Waals surface area (Å²) in [6, 6.07) is 5.54. The predicted molar refractivity (Wildman–Crippen MR) is 92.0 cm³/mol. The minimum Gasteiger partial charge on any atom is -0.454 e. The van der Waals surface area contributed by atoms with Crippen LogP contribution in [0.15, 0.2) is 23.0 Å². The molecule has 1 fully saturated rings. The first-order chi connectivity index (χ1) is 12.0. The minimum atomic E-state index is -0.532. The third-order valence-electron chi connectivity index (χ3n) is 4.57. The lowest BCUT2D eigenvalue weighted by atomic mass is 10.1. The van der Waals surface area contributed by atoms with Gasteiger partial charge in [-0.05, 0) is 26.0 Å². The van der Waals surface area contributed by atoms with Crippen LogP contribution >= 0.6 is 0 Å². The lowest BCUT2D eigenvalue weighted by Gasteiger charge is -2.18. The van der Waals surface area contributed by atoms with Gasteiger partial charge in [0.1, 0.15) is 0 Å². The van der Waals surface area contributed by atoms with E-state index < -0.39 is 6.10 Å². The first-order valence-electron chi connectivity index (χ1n) is 8.51. The SMILES string of the molecule is CC(C)O[C@H]1CN(Cc2cc3cc4c(cc3[nH]c2=O)OCO4)C[C@@H]1O. The summed E-state index contributed by atoms with van der Waals surface area (Å²) in [5.41, 5.74) is 1.25. The Bertz CT molecular complexity index is 847.